The Morgan fingerprint density at radius 2 is 1.95 bits per heavy atom. The summed E-state index contributed by atoms with van der Waals surface area (Å²) in [5.74, 6) is 0.941. The fourth-order valence-corrected chi connectivity index (χ4v) is 2.30. The molecule has 104 valence electrons. The number of benzene rings is 2. The molecule has 3 nitrogen and oxygen atoms in total. The quantitative estimate of drug-likeness (QED) is 0.741. The van der Waals surface area contributed by atoms with Gasteiger partial charge in [0, 0.05) is 9.50 Å². The molecule has 20 heavy (non-hydrogen) atoms. The van der Waals surface area contributed by atoms with Gasteiger partial charge in [-0.25, -0.2) is 0 Å². The molecule has 2 aromatic carbocycles. The molecule has 0 aromatic heterocycles. The Morgan fingerprint density at radius 3 is 2.55 bits per heavy atom. The Kier molecular flexibility index (Phi) is 5.04. The van der Waals surface area contributed by atoms with Crippen LogP contribution in [0.15, 0.2) is 40.9 Å². The smallest absolute Gasteiger partial charge is 0.172 e. The fraction of sp³-hybridized carbons (Fsp3) is 0.133. The van der Waals surface area contributed by atoms with Crippen LogP contribution in [0.5, 0.6) is 11.5 Å². The van der Waals surface area contributed by atoms with E-state index in [1.54, 1.807) is 24.3 Å². The van der Waals surface area contributed by atoms with Gasteiger partial charge in [-0.15, -0.1) is 0 Å². The normalized spacial score (nSPS) is 10.2. The van der Waals surface area contributed by atoms with Gasteiger partial charge in [0.15, 0.2) is 17.8 Å². The van der Waals surface area contributed by atoms with Gasteiger partial charge >= 0.3 is 0 Å². The number of carbonyl (C=O) groups is 1. The van der Waals surface area contributed by atoms with Crippen LogP contribution in [0.4, 0.5) is 0 Å². The second kappa shape index (κ2) is 6.77. The highest BCUT2D eigenvalue weighted by Gasteiger charge is 2.12. The van der Waals surface area contributed by atoms with Crippen LogP contribution in [0.25, 0.3) is 0 Å². The molecule has 0 bridgehead atoms. The van der Waals surface area contributed by atoms with Gasteiger partial charge in [0.1, 0.15) is 6.61 Å². The monoisotopic (exact) mass is 354 g/mol. The summed E-state index contributed by atoms with van der Waals surface area (Å²) in [5, 5.41) is 0.670. The third-order valence-electron chi connectivity index (χ3n) is 2.69. The Bertz CT molecular complexity index is 611. The largest absolute Gasteiger partial charge is 0.493 e. The number of hydrogen-bond acceptors (Lipinski definition) is 3. The number of halogens is 2. The van der Waals surface area contributed by atoms with Gasteiger partial charge in [-0.2, -0.15) is 0 Å². The van der Waals surface area contributed by atoms with Gasteiger partial charge in [0.25, 0.3) is 0 Å². The van der Waals surface area contributed by atoms with Gasteiger partial charge in [-0.3, -0.25) is 4.79 Å². The van der Waals surface area contributed by atoms with Crippen molar-refractivity contribution in [1.82, 2.24) is 0 Å². The van der Waals surface area contributed by atoms with Crippen molar-refractivity contribution in [2.75, 3.05) is 7.11 Å². The van der Waals surface area contributed by atoms with E-state index < -0.39 is 0 Å². The first-order valence-electron chi connectivity index (χ1n) is 5.84. The first-order chi connectivity index (χ1) is 9.63. The minimum atomic E-state index is 0.329. The van der Waals surface area contributed by atoms with Gasteiger partial charge < -0.3 is 9.47 Å². The van der Waals surface area contributed by atoms with E-state index in [0.29, 0.717) is 28.7 Å². The molecule has 0 aliphatic carbocycles. The minimum absolute atomic E-state index is 0.329. The summed E-state index contributed by atoms with van der Waals surface area (Å²) >= 11 is 9.15. The number of carbonyl (C=O) groups excluding carboxylic acids is 1. The zero-order valence-electron chi connectivity index (χ0n) is 10.7. The van der Waals surface area contributed by atoms with Crippen molar-refractivity contribution in [1.29, 1.82) is 0 Å². The van der Waals surface area contributed by atoms with E-state index in [9.17, 15) is 4.79 Å². The highest BCUT2D eigenvalue weighted by atomic mass is 79.9. The third-order valence-corrected chi connectivity index (χ3v) is 3.40. The van der Waals surface area contributed by atoms with Crippen LogP contribution in [0.3, 0.4) is 0 Å². The van der Waals surface area contributed by atoms with Crippen molar-refractivity contribution >= 4 is 33.8 Å². The van der Waals surface area contributed by atoms with Crippen LogP contribution in [-0.2, 0) is 6.61 Å². The molecule has 0 unspecified atom stereocenters. The molecule has 0 spiro atoms. The van der Waals surface area contributed by atoms with E-state index in [1.165, 1.54) is 7.11 Å². The van der Waals surface area contributed by atoms with Crippen molar-refractivity contribution in [2.24, 2.45) is 0 Å². The average molecular weight is 356 g/mol. The SMILES string of the molecule is COc1cc(Br)cc(C=O)c1OCc1ccc(Cl)cc1. The summed E-state index contributed by atoms with van der Waals surface area (Å²) in [6.45, 7) is 0.329. The molecule has 0 atom stereocenters. The van der Waals surface area contributed by atoms with Crippen LogP contribution in [0, 0.1) is 0 Å². The van der Waals surface area contributed by atoms with Crippen LogP contribution in [0.2, 0.25) is 5.02 Å². The molecule has 0 radical (unpaired) electrons. The molecule has 2 rings (SSSR count). The molecule has 0 fully saturated rings. The van der Waals surface area contributed by atoms with Gasteiger partial charge in [-0.05, 0) is 29.8 Å². The Morgan fingerprint density at radius 1 is 1.25 bits per heavy atom. The van der Waals surface area contributed by atoms with Crippen LogP contribution < -0.4 is 9.47 Å². The van der Waals surface area contributed by atoms with E-state index in [1.807, 2.05) is 12.1 Å². The summed E-state index contributed by atoms with van der Waals surface area (Å²) in [4.78, 5) is 11.1. The molecule has 0 amide bonds. The first kappa shape index (κ1) is 14.9. The van der Waals surface area contributed by atoms with Gasteiger partial charge in [-0.1, -0.05) is 39.7 Å². The van der Waals surface area contributed by atoms with E-state index >= 15 is 0 Å². The lowest BCUT2D eigenvalue weighted by Crippen LogP contribution is -2.01. The van der Waals surface area contributed by atoms with E-state index in [0.717, 1.165) is 16.3 Å². The van der Waals surface area contributed by atoms with E-state index in [2.05, 4.69) is 15.9 Å². The summed E-state index contributed by atoms with van der Waals surface area (Å²) in [7, 11) is 1.53. The van der Waals surface area contributed by atoms with Crippen molar-refractivity contribution in [3.8, 4) is 11.5 Å². The zero-order valence-corrected chi connectivity index (χ0v) is 13.1. The molecule has 0 aliphatic rings. The molecule has 0 saturated heterocycles. The van der Waals surface area contributed by atoms with Crippen molar-refractivity contribution < 1.29 is 14.3 Å². The highest BCUT2D eigenvalue weighted by molar-refractivity contribution is 9.10. The molecule has 5 heteroatoms. The predicted molar refractivity (Wildman–Crippen MR) is 81.9 cm³/mol. The molecule has 0 heterocycles. The first-order valence-corrected chi connectivity index (χ1v) is 7.01. The van der Waals surface area contributed by atoms with Crippen LogP contribution in [-0.4, -0.2) is 13.4 Å². The molecule has 0 aliphatic heterocycles. The van der Waals surface area contributed by atoms with Gasteiger partial charge in [0.2, 0.25) is 0 Å². The molecule has 0 saturated carbocycles. The van der Waals surface area contributed by atoms with Crippen molar-refractivity contribution in [3.63, 3.8) is 0 Å². The topological polar surface area (TPSA) is 35.5 Å². The summed E-state index contributed by atoms with van der Waals surface area (Å²) in [6, 6.07) is 10.8. The van der Waals surface area contributed by atoms with E-state index in [4.69, 9.17) is 21.1 Å². The lowest BCUT2D eigenvalue weighted by Gasteiger charge is -2.13. The maximum atomic E-state index is 11.1. The average Bonchev–Trinajstić information content (AvgIpc) is 2.46. The molecule has 2 aromatic rings. The molecular formula is C15H12BrClO3. The third kappa shape index (κ3) is 3.52. The lowest BCUT2D eigenvalue weighted by molar-refractivity contribution is 0.111. The van der Waals surface area contributed by atoms with E-state index in [-0.39, 0.29) is 0 Å². The van der Waals surface area contributed by atoms with Crippen LogP contribution in [0.1, 0.15) is 15.9 Å². The maximum absolute atomic E-state index is 11.1. The molecular weight excluding hydrogens is 344 g/mol. The minimum Gasteiger partial charge on any atom is -0.493 e. The van der Waals surface area contributed by atoms with Crippen molar-refractivity contribution in [2.45, 2.75) is 6.61 Å². The zero-order chi connectivity index (χ0) is 14.5. The number of ether oxygens (including phenoxy) is 2. The summed E-state index contributed by atoms with van der Waals surface area (Å²) < 4.78 is 11.7. The number of methoxy groups -OCH3 is 1. The predicted octanol–water partition coefficient (Wildman–Crippen LogP) is 4.50. The summed E-state index contributed by atoms with van der Waals surface area (Å²) in [6.07, 6.45) is 0.741. The van der Waals surface area contributed by atoms with Crippen LogP contribution >= 0.6 is 27.5 Å². The second-order valence-corrected chi connectivity index (χ2v) is 5.41. The highest BCUT2D eigenvalue weighted by Crippen LogP contribution is 2.34. The van der Waals surface area contributed by atoms with Crippen molar-refractivity contribution in [3.05, 3.63) is 57.0 Å². The Hall–Kier alpha value is -1.52. The maximum Gasteiger partial charge on any atom is 0.172 e. The summed E-state index contributed by atoms with van der Waals surface area (Å²) in [5.41, 5.74) is 1.39. The number of aldehydes is 1. The number of rotatable bonds is 5. The number of hydrogen-bond donors (Lipinski definition) is 0. The lowest BCUT2D eigenvalue weighted by atomic mass is 10.2. The van der Waals surface area contributed by atoms with Gasteiger partial charge in [0.05, 0.1) is 12.7 Å². The molecule has 0 N–H and O–H groups in total. The standard InChI is InChI=1S/C15H12BrClO3/c1-19-14-7-12(16)6-11(8-18)15(14)20-9-10-2-4-13(17)5-3-10/h2-8H,9H2,1H3. The fourth-order valence-electron chi connectivity index (χ4n) is 1.72. The Balaban J connectivity index is 2.24. The Labute approximate surface area is 130 Å². The second-order valence-electron chi connectivity index (χ2n) is 4.06.